The van der Waals surface area contributed by atoms with Gasteiger partial charge in [0.05, 0.1) is 0 Å². The number of hydrogen-bond acceptors (Lipinski definition) is 2. The SMILES string of the molecule is CCC(NCCCN1CCCCC1C)C(C)C. The van der Waals surface area contributed by atoms with Gasteiger partial charge in [0.15, 0.2) is 0 Å². The van der Waals surface area contributed by atoms with Crippen LogP contribution in [0.25, 0.3) is 0 Å². The molecule has 1 saturated heterocycles. The average Bonchev–Trinajstić information content (AvgIpc) is 2.31. The third-order valence-electron chi connectivity index (χ3n) is 4.21. The minimum atomic E-state index is 0.703. The molecule has 102 valence electrons. The van der Waals surface area contributed by atoms with Gasteiger partial charge < -0.3 is 10.2 Å². The number of hydrogen-bond donors (Lipinski definition) is 1. The van der Waals surface area contributed by atoms with Gasteiger partial charge in [0.2, 0.25) is 0 Å². The quantitative estimate of drug-likeness (QED) is 0.687. The van der Waals surface area contributed by atoms with Gasteiger partial charge in [-0.2, -0.15) is 0 Å². The second kappa shape index (κ2) is 8.10. The zero-order valence-electron chi connectivity index (χ0n) is 12.3. The molecular weight excluding hydrogens is 208 g/mol. The third-order valence-corrected chi connectivity index (χ3v) is 4.21. The molecule has 0 aromatic carbocycles. The summed E-state index contributed by atoms with van der Waals surface area (Å²) in [5.74, 6) is 0.758. The molecule has 0 spiro atoms. The first-order valence-electron chi connectivity index (χ1n) is 7.62. The van der Waals surface area contributed by atoms with Crippen LogP contribution in [0.15, 0.2) is 0 Å². The predicted octanol–water partition coefficient (Wildman–Crippen LogP) is 3.28. The van der Waals surface area contributed by atoms with Crippen molar-refractivity contribution in [2.45, 2.75) is 71.9 Å². The Kier molecular flexibility index (Phi) is 7.14. The van der Waals surface area contributed by atoms with Crippen molar-refractivity contribution in [3.8, 4) is 0 Å². The summed E-state index contributed by atoms with van der Waals surface area (Å²) in [4.78, 5) is 2.67. The highest BCUT2D eigenvalue weighted by molar-refractivity contribution is 4.74. The summed E-state index contributed by atoms with van der Waals surface area (Å²) in [7, 11) is 0. The van der Waals surface area contributed by atoms with Crippen molar-refractivity contribution < 1.29 is 0 Å². The molecule has 0 aromatic heterocycles. The number of likely N-dealkylation sites (tertiary alicyclic amines) is 1. The van der Waals surface area contributed by atoms with Gasteiger partial charge in [-0.1, -0.05) is 27.2 Å². The zero-order chi connectivity index (χ0) is 12.7. The molecule has 2 nitrogen and oxygen atoms in total. The summed E-state index contributed by atoms with van der Waals surface area (Å²) in [6, 6.07) is 1.52. The standard InChI is InChI=1S/C15H32N2/c1-5-15(13(2)3)16-10-8-12-17-11-7-6-9-14(17)4/h13-16H,5-12H2,1-4H3. The van der Waals surface area contributed by atoms with Crippen molar-refractivity contribution in [1.82, 2.24) is 10.2 Å². The van der Waals surface area contributed by atoms with Crippen LogP contribution in [0.4, 0.5) is 0 Å². The largest absolute Gasteiger partial charge is 0.314 e. The van der Waals surface area contributed by atoms with Gasteiger partial charge in [-0.05, 0) is 58.2 Å². The van der Waals surface area contributed by atoms with E-state index in [-0.39, 0.29) is 0 Å². The van der Waals surface area contributed by atoms with E-state index < -0.39 is 0 Å². The van der Waals surface area contributed by atoms with E-state index >= 15 is 0 Å². The van der Waals surface area contributed by atoms with Crippen LogP contribution in [0.3, 0.4) is 0 Å². The van der Waals surface area contributed by atoms with Gasteiger partial charge in [0, 0.05) is 12.1 Å². The number of nitrogens with zero attached hydrogens (tertiary/aromatic N) is 1. The molecule has 0 saturated carbocycles. The lowest BCUT2D eigenvalue weighted by atomic mass is 10.0. The summed E-state index contributed by atoms with van der Waals surface area (Å²) in [5.41, 5.74) is 0. The van der Waals surface area contributed by atoms with Crippen molar-refractivity contribution in [2.75, 3.05) is 19.6 Å². The molecule has 0 amide bonds. The lowest BCUT2D eigenvalue weighted by Crippen LogP contribution is -2.40. The first-order chi connectivity index (χ1) is 8.15. The fourth-order valence-corrected chi connectivity index (χ4v) is 2.91. The van der Waals surface area contributed by atoms with E-state index in [2.05, 4.69) is 37.9 Å². The highest BCUT2D eigenvalue weighted by atomic mass is 15.2. The molecule has 0 aromatic rings. The molecule has 2 unspecified atom stereocenters. The van der Waals surface area contributed by atoms with E-state index in [1.54, 1.807) is 0 Å². The van der Waals surface area contributed by atoms with Crippen molar-refractivity contribution in [1.29, 1.82) is 0 Å². The molecule has 1 aliphatic heterocycles. The smallest absolute Gasteiger partial charge is 0.00874 e. The third kappa shape index (κ3) is 5.39. The number of nitrogens with one attached hydrogen (secondary N) is 1. The van der Waals surface area contributed by atoms with Gasteiger partial charge in [-0.15, -0.1) is 0 Å². The van der Waals surface area contributed by atoms with Gasteiger partial charge in [0.1, 0.15) is 0 Å². The van der Waals surface area contributed by atoms with Crippen molar-refractivity contribution in [2.24, 2.45) is 5.92 Å². The maximum absolute atomic E-state index is 3.70. The van der Waals surface area contributed by atoms with Crippen LogP contribution in [-0.2, 0) is 0 Å². The normalized spacial score (nSPS) is 24.2. The van der Waals surface area contributed by atoms with Crippen LogP contribution in [0.5, 0.6) is 0 Å². The molecule has 17 heavy (non-hydrogen) atoms. The highest BCUT2D eigenvalue weighted by Gasteiger charge is 2.17. The summed E-state index contributed by atoms with van der Waals surface area (Å²) in [5, 5.41) is 3.70. The molecule has 2 heteroatoms. The van der Waals surface area contributed by atoms with E-state index in [9.17, 15) is 0 Å². The van der Waals surface area contributed by atoms with Crippen LogP contribution in [0.1, 0.15) is 59.8 Å². The molecule has 1 N–H and O–H groups in total. The van der Waals surface area contributed by atoms with E-state index in [0.717, 1.165) is 12.0 Å². The molecule has 1 heterocycles. The Balaban J connectivity index is 2.10. The Morgan fingerprint density at radius 2 is 2.06 bits per heavy atom. The van der Waals surface area contributed by atoms with Crippen LogP contribution in [0.2, 0.25) is 0 Å². The van der Waals surface area contributed by atoms with E-state index in [1.165, 1.54) is 51.7 Å². The van der Waals surface area contributed by atoms with Gasteiger partial charge in [0.25, 0.3) is 0 Å². The Morgan fingerprint density at radius 1 is 1.29 bits per heavy atom. The first kappa shape index (κ1) is 15.0. The first-order valence-corrected chi connectivity index (χ1v) is 7.62. The molecular formula is C15H32N2. The molecule has 0 bridgehead atoms. The van der Waals surface area contributed by atoms with Gasteiger partial charge in [-0.3, -0.25) is 0 Å². The average molecular weight is 240 g/mol. The fourth-order valence-electron chi connectivity index (χ4n) is 2.91. The summed E-state index contributed by atoms with van der Waals surface area (Å²) < 4.78 is 0. The van der Waals surface area contributed by atoms with Crippen LogP contribution < -0.4 is 5.32 Å². The Labute approximate surface area is 108 Å². The zero-order valence-corrected chi connectivity index (χ0v) is 12.3. The van der Waals surface area contributed by atoms with Crippen molar-refractivity contribution in [3.63, 3.8) is 0 Å². The van der Waals surface area contributed by atoms with E-state index in [1.807, 2.05) is 0 Å². The second-order valence-electron chi connectivity index (χ2n) is 5.95. The molecule has 1 rings (SSSR count). The van der Waals surface area contributed by atoms with E-state index in [4.69, 9.17) is 0 Å². The Hall–Kier alpha value is -0.0800. The summed E-state index contributed by atoms with van der Waals surface area (Å²) in [6.45, 7) is 13.1. The summed E-state index contributed by atoms with van der Waals surface area (Å²) >= 11 is 0. The molecule has 2 atom stereocenters. The Morgan fingerprint density at radius 3 is 2.65 bits per heavy atom. The second-order valence-corrected chi connectivity index (χ2v) is 5.95. The molecule has 1 aliphatic rings. The lowest BCUT2D eigenvalue weighted by Gasteiger charge is -2.33. The highest BCUT2D eigenvalue weighted by Crippen LogP contribution is 2.16. The van der Waals surface area contributed by atoms with Crippen molar-refractivity contribution >= 4 is 0 Å². The molecule has 0 radical (unpaired) electrons. The Bertz CT molecular complexity index is 191. The maximum Gasteiger partial charge on any atom is 0.00874 e. The van der Waals surface area contributed by atoms with E-state index in [0.29, 0.717) is 6.04 Å². The van der Waals surface area contributed by atoms with Crippen molar-refractivity contribution in [3.05, 3.63) is 0 Å². The minimum Gasteiger partial charge on any atom is -0.314 e. The lowest BCUT2D eigenvalue weighted by molar-refractivity contribution is 0.158. The van der Waals surface area contributed by atoms with Crippen LogP contribution in [-0.4, -0.2) is 36.6 Å². The summed E-state index contributed by atoms with van der Waals surface area (Å²) in [6.07, 6.45) is 6.78. The fraction of sp³-hybridized carbons (Fsp3) is 1.00. The van der Waals surface area contributed by atoms with Crippen LogP contribution in [0, 0.1) is 5.92 Å². The molecule has 0 aliphatic carbocycles. The monoisotopic (exact) mass is 240 g/mol. The number of piperidine rings is 1. The predicted molar refractivity (Wildman–Crippen MR) is 76.4 cm³/mol. The number of rotatable bonds is 7. The maximum atomic E-state index is 3.70. The van der Waals surface area contributed by atoms with Gasteiger partial charge in [-0.25, -0.2) is 0 Å². The van der Waals surface area contributed by atoms with Gasteiger partial charge >= 0.3 is 0 Å². The minimum absolute atomic E-state index is 0.703. The molecule has 1 fully saturated rings. The topological polar surface area (TPSA) is 15.3 Å². The van der Waals surface area contributed by atoms with Crippen LogP contribution >= 0.6 is 0 Å².